The van der Waals surface area contributed by atoms with Crippen LogP contribution < -0.4 is 20.1 Å². The first-order chi connectivity index (χ1) is 13.6. The molecule has 0 saturated heterocycles. The molecule has 0 radical (unpaired) electrons. The van der Waals surface area contributed by atoms with Crippen molar-refractivity contribution in [1.82, 2.24) is 15.3 Å². The number of carbonyl (C=O) groups is 1. The maximum absolute atomic E-state index is 12.4. The molecular weight excluding hydrogens is 380 g/mol. The smallest absolute Gasteiger partial charge is 0.253 e. The Hall–Kier alpha value is -3.32. The topological polar surface area (TPSA) is 85.4 Å². The number of nitrogens with one attached hydrogen (secondary N) is 2. The molecular formula is C20H19ClN4O3. The molecule has 2 N–H and O–H groups in total. The zero-order chi connectivity index (χ0) is 19.9. The van der Waals surface area contributed by atoms with E-state index in [2.05, 4.69) is 20.6 Å². The van der Waals surface area contributed by atoms with Crippen LogP contribution in [0.25, 0.3) is 0 Å². The lowest BCUT2D eigenvalue weighted by molar-refractivity contribution is 0.0950. The fourth-order valence-electron chi connectivity index (χ4n) is 2.53. The summed E-state index contributed by atoms with van der Waals surface area (Å²) in [6.45, 7) is 0.404. The number of methoxy groups -OCH3 is 2. The SMILES string of the molecule is COc1cc(Nc2cncc(C(=O)NCc3ccncc3)c2)c(OC)cc1Cl. The van der Waals surface area contributed by atoms with Gasteiger partial charge in [-0.2, -0.15) is 0 Å². The molecule has 0 unspecified atom stereocenters. The van der Waals surface area contributed by atoms with Gasteiger partial charge in [0.05, 0.1) is 42.4 Å². The van der Waals surface area contributed by atoms with Crippen LogP contribution in [0.3, 0.4) is 0 Å². The zero-order valence-corrected chi connectivity index (χ0v) is 16.2. The number of ether oxygens (including phenoxy) is 2. The van der Waals surface area contributed by atoms with Crippen LogP contribution in [0.2, 0.25) is 5.02 Å². The molecule has 7 nitrogen and oxygen atoms in total. The minimum absolute atomic E-state index is 0.228. The highest BCUT2D eigenvalue weighted by molar-refractivity contribution is 6.32. The van der Waals surface area contributed by atoms with Crippen LogP contribution in [-0.4, -0.2) is 30.1 Å². The van der Waals surface area contributed by atoms with Crippen molar-refractivity contribution in [3.63, 3.8) is 0 Å². The van der Waals surface area contributed by atoms with Gasteiger partial charge in [0.25, 0.3) is 5.91 Å². The van der Waals surface area contributed by atoms with Crippen molar-refractivity contribution >= 4 is 28.9 Å². The number of hydrogen-bond donors (Lipinski definition) is 2. The van der Waals surface area contributed by atoms with Gasteiger partial charge in [-0.25, -0.2) is 0 Å². The van der Waals surface area contributed by atoms with Crippen molar-refractivity contribution < 1.29 is 14.3 Å². The Labute approximate surface area is 167 Å². The summed E-state index contributed by atoms with van der Waals surface area (Å²) in [5, 5.41) is 6.48. The Balaban J connectivity index is 1.75. The monoisotopic (exact) mass is 398 g/mol. The first kappa shape index (κ1) is 19.4. The van der Waals surface area contributed by atoms with Crippen molar-refractivity contribution in [3.8, 4) is 11.5 Å². The normalized spacial score (nSPS) is 10.2. The zero-order valence-electron chi connectivity index (χ0n) is 15.4. The highest BCUT2D eigenvalue weighted by Crippen LogP contribution is 2.37. The number of amides is 1. The van der Waals surface area contributed by atoms with Crippen LogP contribution in [0.15, 0.2) is 55.1 Å². The Morgan fingerprint density at radius 2 is 1.79 bits per heavy atom. The van der Waals surface area contributed by atoms with E-state index < -0.39 is 0 Å². The van der Waals surface area contributed by atoms with Gasteiger partial charge in [-0.05, 0) is 23.8 Å². The summed E-state index contributed by atoms with van der Waals surface area (Å²) in [4.78, 5) is 20.5. The fourth-order valence-corrected chi connectivity index (χ4v) is 2.76. The van der Waals surface area contributed by atoms with E-state index >= 15 is 0 Å². The summed E-state index contributed by atoms with van der Waals surface area (Å²) < 4.78 is 10.6. The van der Waals surface area contributed by atoms with Crippen molar-refractivity contribution in [2.45, 2.75) is 6.54 Å². The second-order valence-corrected chi connectivity index (χ2v) is 6.22. The second kappa shape index (κ2) is 9.05. The van der Waals surface area contributed by atoms with Gasteiger partial charge in [-0.3, -0.25) is 14.8 Å². The molecule has 28 heavy (non-hydrogen) atoms. The van der Waals surface area contributed by atoms with E-state index in [-0.39, 0.29) is 5.91 Å². The van der Waals surface area contributed by atoms with E-state index in [0.717, 1.165) is 5.56 Å². The Kier molecular flexibility index (Phi) is 6.29. The Morgan fingerprint density at radius 1 is 1.04 bits per heavy atom. The Morgan fingerprint density at radius 3 is 2.50 bits per heavy atom. The quantitative estimate of drug-likeness (QED) is 0.629. The van der Waals surface area contributed by atoms with Crippen LogP contribution >= 0.6 is 11.6 Å². The molecule has 1 amide bonds. The van der Waals surface area contributed by atoms with Gasteiger partial charge >= 0.3 is 0 Å². The molecule has 0 spiro atoms. The molecule has 0 saturated carbocycles. The second-order valence-electron chi connectivity index (χ2n) is 5.81. The van der Waals surface area contributed by atoms with E-state index in [1.165, 1.54) is 13.3 Å². The van der Waals surface area contributed by atoms with Crippen molar-refractivity contribution in [3.05, 3.63) is 71.3 Å². The molecule has 0 aliphatic rings. The summed E-state index contributed by atoms with van der Waals surface area (Å²) in [5.41, 5.74) is 2.65. The van der Waals surface area contributed by atoms with Crippen LogP contribution in [-0.2, 0) is 6.54 Å². The largest absolute Gasteiger partial charge is 0.495 e. The van der Waals surface area contributed by atoms with E-state index in [1.54, 1.807) is 43.9 Å². The predicted molar refractivity (Wildman–Crippen MR) is 107 cm³/mol. The average molecular weight is 399 g/mol. The fraction of sp³-hybridized carbons (Fsp3) is 0.150. The molecule has 2 aromatic heterocycles. The standard InChI is InChI=1S/C20H19ClN4O3/c1-27-18-9-17(19(28-2)8-16(18)21)25-15-7-14(11-23-12-15)20(26)24-10-13-3-5-22-6-4-13/h3-9,11-12,25H,10H2,1-2H3,(H,24,26). The Bertz CT molecular complexity index is 967. The molecule has 8 heteroatoms. The number of halogens is 1. The van der Waals surface area contributed by atoms with E-state index in [9.17, 15) is 4.79 Å². The minimum atomic E-state index is -0.228. The number of aromatic nitrogens is 2. The molecule has 0 aliphatic carbocycles. The highest BCUT2D eigenvalue weighted by atomic mass is 35.5. The predicted octanol–water partition coefficient (Wildman–Crippen LogP) is 3.82. The summed E-state index contributed by atoms with van der Waals surface area (Å²) in [5.74, 6) is 0.816. The molecule has 3 rings (SSSR count). The maximum Gasteiger partial charge on any atom is 0.253 e. The molecule has 1 aromatic carbocycles. The summed E-state index contributed by atoms with van der Waals surface area (Å²) >= 11 is 6.13. The van der Waals surface area contributed by atoms with Gasteiger partial charge in [0.1, 0.15) is 11.5 Å². The van der Waals surface area contributed by atoms with Gasteiger partial charge in [0.2, 0.25) is 0 Å². The number of hydrogen-bond acceptors (Lipinski definition) is 6. The summed E-state index contributed by atoms with van der Waals surface area (Å²) in [6, 6.07) is 8.77. The lowest BCUT2D eigenvalue weighted by Gasteiger charge is -2.14. The van der Waals surface area contributed by atoms with Crippen LogP contribution in [0, 0.1) is 0 Å². The summed E-state index contributed by atoms with van der Waals surface area (Å²) in [7, 11) is 3.08. The number of pyridine rings is 2. The van der Waals surface area contributed by atoms with Crippen molar-refractivity contribution in [2.75, 3.05) is 19.5 Å². The number of anilines is 2. The van der Waals surface area contributed by atoms with Gasteiger partial charge in [-0.15, -0.1) is 0 Å². The number of nitrogens with zero attached hydrogens (tertiary/aromatic N) is 2. The maximum atomic E-state index is 12.4. The third-order valence-electron chi connectivity index (χ3n) is 3.96. The van der Waals surface area contributed by atoms with E-state index in [4.69, 9.17) is 21.1 Å². The molecule has 2 heterocycles. The van der Waals surface area contributed by atoms with E-state index in [1.807, 2.05) is 12.1 Å². The van der Waals surface area contributed by atoms with Gasteiger partial charge < -0.3 is 20.1 Å². The van der Waals surface area contributed by atoms with Gasteiger partial charge in [-0.1, -0.05) is 11.6 Å². The first-order valence-corrected chi connectivity index (χ1v) is 8.79. The molecule has 0 fully saturated rings. The van der Waals surface area contributed by atoms with Crippen molar-refractivity contribution in [2.24, 2.45) is 0 Å². The van der Waals surface area contributed by atoms with E-state index in [0.29, 0.717) is 40.0 Å². The third kappa shape index (κ3) is 4.69. The van der Waals surface area contributed by atoms with Crippen LogP contribution in [0.4, 0.5) is 11.4 Å². The molecule has 0 bridgehead atoms. The van der Waals surface area contributed by atoms with Gasteiger partial charge in [0, 0.05) is 37.3 Å². The summed E-state index contributed by atoms with van der Waals surface area (Å²) in [6.07, 6.45) is 6.48. The minimum Gasteiger partial charge on any atom is -0.495 e. The molecule has 0 aliphatic heterocycles. The third-order valence-corrected chi connectivity index (χ3v) is 4.25. The van der Waals surface area contributed by atoms with Crippen molar-refractivity contribution in [1.29, 1.82) is 0 Å². The lowest BCUT2D eigenvalue weighted by atomic mass is 10.2. The average Bonchev–Trinajstić information content (AvgIpc) is 2.73. The molecule has 0 atom stereocenters. The highest BCUT2D eigenvalue weighted by Gasteiger charge is 2.12. The van der Waals surface area contributed by atoms with Gasteiger partial charge in [0.15, 0.2) is 0 Å². The first-order valence-electron chi connectivity index (χ1n) is 8.41. The van der Waals surface area contributed by atoms with Crippen LogP contribution in [0.1, 0.15) is 15.9 Å². The number of benzene rings is 1. The lowest BCUT2D eigenvalue weighted by Crippen LogP contribution is -2.23. The number of carbonyl (C=O) groups excluding carboxylic acids is 1. The number of rotatable bonds is 7. The molecule has 3 aromatic rings. The molecule has 144 valence electrons. The van der Waals surface area contributed by atoms with Crippen LogP contribution in [0.5, 0.6) is 11.5 Å².